The second-order valence-electron chi connectivity index (χ2n) is 11.2. The van der Waals surface area contributed by atoms with Crippen molar-refractivity contribution in [1.82, 2.24) is 0 Å². The van der Waals surface area contributed by atoms with E-state index in [-0.39, 0.29) is 0 Å². The Kier molecular flexibility index (Phi) is 9.98. The van der Waals surface area contributed by atoms with Gasteiger partial charge in [0.05, 0.1) is 0 Å². The zero-order chi connectivity index (χ0) is 34.0. The van der Waals surface area contributed by atoms with E-state index in [0.29, 0.717) is 0 Å². The van der Waals surface area contributed by atoms with E-state index in [2.05, 4.69) is 4.65 Å². The topological polar surface area (TPSA) is 9.23 Å². The predicted octanol–water partition coefficient (Wildman–Crippen LogP) is 8.14. The number of hydrogen-bond donors (Lipinski definition) is 0. The third-order valence-corrected chi connectivity index (χ3v) is 10.2. The Bertz CT molecular complexity index is 1240. The summed E-state index contributed by atoms with van der Waals surface area (Å²) in [6.45, 7) is 2.81. The summed E-state index contributed by atoms with van der Waals surface area (Å²) in [6, 6.07) is 0. The molecule has 242 valence electrons. The minimum Gasteiger partial charge on any atom is -0.406 e. The molecule has 2 aromatic carbocycles. The summed E-state index contributed by atoms with van der Waals surface area (Å²) in [5, 5.41) is -2.88. The van der Waals surface area contributed by atoms with Gasteiger partial charge in [0.25, 0.3) is 0 Å². The molecular formula is C24H20BF16OP. The van der Waals surface area contributed by atoms with Crippen LogP contribution in [0.25, 0.3) is 0 Å². The van der Waals surface area contributed by atoms with Crippen LogP contribution in [0.5, 0.6) is 0 Å². The Morgan fingerprint density at radius 2 is 0.698 bits per heavy atom. The number of halogens is 16. The second-order valence-corrected chi connectivity index (χ2v) is 15.1. The van der Waals surface area contributed by atoms with E-state index in [1.54, 1.807) is 0 Å². The molecule has 19 heteroatoms. The summed E-state index contributed by atoms with van der Waals surface area (Å²) >= 11 is 0. The molecule has 43 heavy (non-hydrogen) atoms. The number of alkyl halides is 6. The van der Waals surface area contributed by atoms with Gasteiger partial charge in [0.2, 0.25) is 5.60 Å². The highest BCUT2D eigenvalue weighted by atomic mass is 31.1. The molecule has 2 rings (SSSR count). The van der Waals surface area contributed by atoms with Gasteiger partial charge in [0, 0.05) is 17.1 Å². The van der Waals surface area contributed by atoms with Crippen LogP contribution >= 0.6 is 7.92 Å². The molecule has 0 saturated heterocycles. The van der Waals surface area contributed by atoms with E-state index in [0.717, 1.165) is 0 Å². The number of rotatable bonds is 6. The van der Waals surface area contributed by atoms with E-state index in [4.69, 9.17) is 0 Å². The summed E-state index contributed by atoms with van der Waals surface area (Å²) < 4.78 is 235. The lowest BCUT2D eigenvalue weighted by atomic mass is 9.53. The molecule has 0 bridgehead atoms. The summed E-state index contributed by atoms with van der Waals surface area (Å²) in [6.07, 6.45) is -15.7. The average Bonchev–Trinajstić information content (AvgIpc) is 2.83. The maximum atomic E-state index is 14.8. The summed E-state index contributed by atoms with van der Waals surface area (Å²) in [5.41, 5.74) is -11.5. The maximum absolute atomic E-state index is 14.8. The first-order valence-electron chi connectivity index (χ1n) is 11.7. The first-order chi connectivity index (χ1) is 19.0. The molecule has 0 radical (unpaired) electrons. The van der Waals surface area contributed by atoms with Gasteiger partial charge in [0.15, 0.2) is 58.2 Å². The van der Waals surface area contributed by atoms with Gasteiger partial charge in [0.1, 0.15) is 0 Å². The van der Waals surface area contributed by atoms with Gasteiger partial charge in [-0.3, -0.25) is 0 Å². The molecule has 0 aliphatic rings. The lowest BCUT2D eigenvalue weighted by molar-refractivity contribution is -0.350. The molecule has 0 N–H and O–H groups in total. The zero-order valence-electron chi connectivity index (χ0n) is 22.7. The van der Waals surface area contributed by atoms with Crippen molar-refractivity contribution in [2.45, 2.75) is 69.8 Å². The number of hydrogen-bond acceptors (Lipinski definition) is 1. The Labute approximate surface area is 235 Å². The van der Waals surface area contributed by atoms with Crippen molar-refractivity contribution >= 4 is 25.8 Å². The summed E-state index contributed by atoms with van der Waals surface area (Å²) in [7, 11) is -2.65. The first kappa shape index (κ1) is 37.0. The van der Waals surface area contributed by atoms with Crippen LogP contribution in [0, 0.1) is 58.2 Å². The van der Waals surface area contributed by atoms with Gasteiger partial charge in [-0.05, 0) is 10.3 Å². The van der Waals surface area contributed by atoms with E-state index in [1.165, 1.54) is 41.5 Å². The average molecular weight is 670 g/mol. The Hall–Kier alpha value is -2.23. The van der Waals surface area contributed by atoms with Crippen molar-refractivity contribution in [3.63, 3.8) is 0 Å². The molecule has 0 unspecified atom stereocenters. The highest BCUT2D eigenvalue weighted by molar-refractivity contribution is 7.60. The third kappa shape index (κ3) is 6.45. The maximum Gasteiger partial charge on any atom is 0.425 e. The van der Waals surface area contributed by atoms with Gasteiger partial charge in [-0.15, -0.1) is 0 Å². The van der Waals surface area contributed by atoms with E-state index in [9.17, 15) is 70.2 Å². The second kappa shape index (κ2) is 11.6. The Morgan fingerprint density at radius 1 is 0.465 bits per heavy atom. The van der Waals surface area contributed by atoms with Gasteiger partial charge in [-0.1, -0.05) is 49.5 Å². The van der Waals surface area contributed by atoms with Gasteiger partial charge in [-0.2, -0.15) is 26.3 Å². The fourth-order valence-corrected chi connectivity index (χ4v) is 8.22. The normalized spacial score (nSPS) is 13.7. The SMILES string of the molecule is CC(C)(C)P(CC(OB(c1c(F)c(F)c(F)c(F)c1F)c1c(F)c(F)c(F)c(F)c1F)(C(F)(F)F)C(F)(F)F)C(C)(C)C. The molecule has 0 spiro atoms. The van der Waals surface area contributed by atoms with Gasteiger partial charge >= 0.3 is 19.3 Å². The van der Waals surface area contributed by atoms with Crippen molar-refractivity contribution in [3.05, 3.63) is 58.2 Å². The highest BCUT2D eigenvalue weighted by Gasteiger charge is 2.74. The fraction of sp³-hybridized carbons (Fsp3) is 0.500. The van der Waals surface area contributed by atoms with Crippen LogP contribution in [-0.2, 0) is 4.65 Å². The molecule has 0 aromatic heterocycles. The molecule has 1 nitrogen and oxygen atoms in total. The molecule has 0 heterocycles. The van der Waals surface area contributed by atoms with Crippen LogP contribution < -0.4 is 10.9 Å². The predicted molar refractivity (Wildman–Crippen MR) is 125 cm³/mol. The standard InChI is InChI=1S/C24H20BF16OP/c1-20(2,3)43(21(4,5)6)7-22(23(36,37)38,24(39,40)41)42-25(8-10(26)14(30)18(34)15(31)11(8)27)9-12(28)16(32)19(35)17(33)13(9)29/h7H2,1-6H3. The van der Waals surface area contributed by atoms with Crippen molar-refractivity contribution in [3.8, 4) is 0 Å². The minimum atomic E-state index is -6.74. The smallest absolute Gasteiger partial charge is 0.406 e. The van der Waals surface area contributed by atoms with Crippen LogP contribution in [0.4, 0.5) is 70.2 Å². The van der Waals surface area contributed by atoms with E-state index in [1.807, 2.05) is 0 Å². The Balaban J connectivity index is 3.24. The lowest BCUT2D eigenvalue weighted by Crippen LogP contribution is -2.68. The molecule has 0 saturated carbocycles. The van der Waals surface area contributed by atoms with Crippen LogP contribution in [0.15, 0.2) is 0 Å². The molecule has 2 aromatic rings. The molecule has 0 amide bonds. The van der Waals surface area contributed by atoms with Crippen LogP contribution in [-0.4, -0.2) is 41.3 Å². The summed E-state index contributed by atoms with van der Waals surface area (Å²) in [5.74, 6) is -31.3. The monoisotopic (exact) mass is 670 g/mol. The highest BCUT2D eigenvalue weighted by Crippen LogP contribution is 2.64. The lowest BCUT2D eigenvalue weighted by Gasteiger charge is -2.48. The molecule has 0 fully saturated rings. The van der Waals surface area contributed by atoms with Gasteiger partial charge in [-0.25, -0.2) is 43.9 Å². The fourth-order valence-electron chi connectivity index (χ4n) is 4.38. The number of benzene rings is 2. The zero-order valence-corrected chi connectivity index (χ0v) is 23.6. The molecule has 0 aliphatic heterocycles. The third-order valence-electron chi connectivity index (χ3n) is 6.25. The summed E-state index contributed by atoms with van der Waals surface area (Å²) in [4.78, 5) is 0. The van der Waals surface area contributed by atoms with Crippen molar-refractivity contribution in [1.29, 1.82) is 0 Å². The first-order valence-corrected chi connectivity index (χ1v) is 13.2. The van der Waals surface area contributed by atoms with Gasteiger partial charge < -0.3 is 4.65 Å². The van der Waals surface area contributed by atoms with Crippen molar-refractivity contribution in [2.24, 2.45) is 0 Å². The van der Waals surface area contributed by atoms with Crippen LogP contribution in [0.3, 0.4) is 0 Å². The van der Waals surface area contributed by atoms with Crippen molar-refractivity contribution in [2.75, 3.05) is 6.16 Å². The van der Waals surface area contributed by atoms with E-state index >= 15 is 0 Å². The largest absolute Gasteiger partial charge is 0.425 e. The van der Waals surface area contributed by atoms with Crippen LogP contribution in [0.2, 0.25) is 0 Å². The quantitative estimate of drug-likeness (QED) is 0.0993. The van der Waals surface area contributed by atoms with E-state index < -0.39 is 118 Å². The Morgan fingerprint density at radius 3 is 0.907 bits per heavy atom. The van der Waals surface area contributed by atoms with Crippen molar-refractivity contribution < 1.29 is 74.9 Å². The van der Waals surface area contributed by atoms with Crippen LogP contribution in [0.1, 0.15) is 41.5 Å². The molecule has 0 aliphatic carbocycles. The molecular weight excluding hydrogens is 650 g/mol. The minimum absolute atomic E-state index is 1.20. The molecule has 0 atom stereocenters.